The van der Waals surface area contributed by atoms with Gasteiger partial charge in [-0.3, -0.25) is 0 Å². The first-order valence-corrected chi connectivity index (χ1v) is 6.46. The van der Waals surface area contributed by atoms with Gasteiger partial charge >= 0.3 is 0 Å². The van der Waals surface area contributed by atoms with Crippen LogP contribution in [-0.4, -0.2) is 12.2 Å². The third-order valence-corrected chi connectivity index (χ3v) is 3.14. The molecule has 2 nitrogen and oxygen atoms in total. The van der Waals surface area contributed by atoms with Gasteiger partial charge in [0.2, 0.25) is 0 Å². The van der Waals surface area contributed by atoms with Crippen molar-refractivity contribution >= 4 is 16.5 Å². The maximum absolute atomic E-state index is 10.2. The van der Waals surface area contributed by atoms with Gasteiger partial charge in [0.15, 0.2) is 0 Å². The Balaban J connectivity index is 0.000000771. The summed E-state index contributed by atoms with van der Waals surface area (Å²) < 4.78 is 0. The van der Waals surface area contributed by atoms with Gasteiger partial charge in [-0.15, -0.1) is 0 Å². The first-order valence-electron chi connectivity index (χ1n) is 6.46. The lowest BCUT2D eigenvalue weighted by Crippen LogP contribution is -1.93. The summed E-state index contributed by atoms with van der Waals surface area (Å²) in [7, 11) is 1.88. The number of aryl methyl sites for hydroxylation is 2. The van der Waals surface area contributed by atoms with E-state index >= 15 is 0 Å². The molecule has 98 valence electrons. The van der Waals surface area contributed by atoms with Crippen LogP contribution in [-0.2, 0) is 0 Å². The zero-order valence-corrected chi connectivity index (χ0v) is 12.2. The van der Waals surface area contributed by atoms with E-state index in [1.54, 1.807) is 0 Å². The zero-order chi connectivity index (χ0) is 13.9. The van der Waals surface area contributed by atoms with E-state index in [0.717, 1.165) is 27.6 Å². The van der Waals surface area contributed by atoms with Gasteiger partial charge in [0, 0.05) is 18.1 Å². The van der Waals surface area contributed by atoms with Crippen molar-refractivity contribution in [3.8, 4) is 5.75 Å². The van der Waals surface area contributed by atoms with Crippen LogP contribution in [0.1, 0.15) is 30.5 Å². The number of phenolic OH excluding ortho intramolecular Hbond substituents is 1. The molecule has 0 saturated carbocycles. The van der Waals surface area contributed by atoms with Gasteiger partial charge in [-0.1, -0.05) is 26.0 Å². The molecule has 0 amide bonds. The quantitative estimate of drug-likeness (QED) is 0.773. The maximum atomic E-state index is 10.2. The number of fused-ring (bicyclic) bond motifs is 1. The van der Waals surface area contributed by atoms with Crippen LogP contribution in [0.4, 0.5) is 5.69 Å². The minimum Gasteiger partial charge on any atom is -0.507 e. The van der Waals surface area contributed by atoms with E-state index in [4.69, 9.17) is 0 Å². The van der Waals surface area contributed by atoms with Crippen molar-refractivity contribution in [3.05, 3.63) is 34.9 Å². The van der Waals surface area contributed by atoms with Gasteiger partial charge in [0.05, 0.1) is 0 Å². The van der Waals surface area contributed by atoms with E-state index < -0.39 is 0 Å². The third kappa shape index (κ3) is 2.42. The summed E-state index contributed by atoms with van der Waals surface area (Å²) in [6.45, 7) is 10.0. The smallest absolute Gasteiger partial charge is 0.128 e. The lowest BCUT2D eigenvalue weighted by atomic mass is 9.98. The van der Waals surface area contributed by atoms with Crippen LogP contribution >= 0.6 is 0 Å². The van der Waals surface area contributed by atoms with Gasteiger partial charge < -0.3 is 10.4 Å². The monoisotopic (exact) mass is 245 g/mol. The molecule has 2 aromatic rings. The SMILES string of the molecule is CC.CNc1cc(C)cc2cc(C)c(C)c(O)c12. The number of phenols is 1. The van der Waals surface area contributed by atoms with Crippen LogP contribution < -0.4 is 5.32 Å². The van der Waals surface area contributed by atoms with Gasteiger partial charge in [-0.05, 0) is 48.9 Å². The van der Waals surface area contributed by atoms with Crippen molar-refractivity contribution in [1.29, 1.82) is 0 Å². The Hall–Kier alpha value is -1.70. The number of aromatic hydroxyl groups is 1. The molecule has 0 saturated heterocycles. The van der Waals surface area contributed by atoms with Crippen molar-refractivity contribution in [2.45, 2.75) is 34.6 Å². The molecule has 0 fully saturated rings. The van der Waals surface area contributed by atoms with Crippen molar-refractivity contribution in [3.63, 3.8) is 0 Å². The molecule has 0 heterocycles. The normalized spacial score (nSPS) is 9.89. The first kappa shape index (κ1) is 14.4. The highest BCUT2D eigenvalue weighted by Gasteiger charge is 2.10. The highest BCUT2D eigenvalue weighted by atomic mass is 16.3. The molecule has 2 rings (SSSR count). The molecule has 0 aliphatic carbocycles. The van der Waals surface area contributed by atoms with E-state index in [9.17, 15) is 5.11 Å². The summed E-state index contributed by atoms with van der Waals surface area (Å²) in [6, 6.07) is 6.28. The Bertz CT molecular complexity index is 559. The van der Waals surface area contributed by atoms with Crippen molar-refractivity contribution < 1.29 is 5.11 Å². The summed E-state index contributed by atoms with van der Waals surface area (Å²) >= 11 is 0. The minimum atomic E-state index is 0.388. The largest absolute Gasteiger partial charge is 0.507 e. The van der Waals surface area contributed by atoms with E-state index in [1.807, 2.05) is 34.7 Å². The maximum Gasteiger partial charge on any atom is 0.128 e. The van der Waals surface area contributed by atoms with Crippen LogP contribution in [0.3, 0.4) is 0 Å². The molecule has 0 radical (unpaired) electrons. The lowest BCUT2D eigenvalue weighted by Gasteiger charge is -2.13. The molecule has 0 unspecified atom stereocenters. The van der Waals surface area contributed by atoms with Gasteiger partial charge in [-0.25, -0.2) is 0 Å². The van der Waals surface area contributed by atoms with Crippen LogP contribution in [0.5, 0.6) is 5.75 Å². The second-order valence-corrected chi connectivity index (χ2v) is 4.33. The summed E-state index contributed by atoms with van der Waals surface area (Å²) in [4.78, 5) is 0. The predicted octanol–water partition coefficient (Wildman–Crippen LogP) is 4.54. The van der Waals surface area contributed by atoms with E-state index in [-0.39, 0.29) is 0 Å². The number of nitrogens with one attached hydrogen (secondary N) is 1. The van der Waals surface area contributed by atoms with Crippen molar-refractivity contribution in [2.24, 2.45) is 0 Å². The van der Waals surface area contributed by atoms with Crippen molar-refractivity contribution in [2.75, 3.05) is 12.4 Å². The standard InChI is InChI=1S/C14H17NO.C2H6/c1-8-5-11-7-9(2)10(3)14(16)13(11)12(6-8)15-4;1-2/h5-7,15-16H,1-4H3;1-2H3. The van der Waals surface area contributed by atoms with Crippen LogP contribution in [0.15, 0.2) is 18.2 Å². The summed E-state index contributed by atoms with van der Waals surface area (Å²) in [5, 5.41) is 15.3. The molecule has 0 atom stereocenters. The fraction of sp³-hybridized carbons (Fsp3) is 0.375. The van der Waals surface area contributed by atoms with Crippen LogP contribution in [0.2, 0.25) is 0 Å². The lowest BCUT2D eigenvalue weighted by molar-refractivity contribution is 0.477. The molecule has 0 aromatic heterocycles. The Labute approximate surface area is 110 Å². The summed E-state index contributed by atoms with van der Waals surface area (Å²) in [5.41, 5.74) is 4.25. The molecular weight excluding hydrogens is 222 g/mol. The molecule has 18 heavy (non-hydrogen) atoms. The zero-order valence-electron chi connectivity index (χ0n) is 12.2. The fourth-order valence-electron chi connectivity index (χ4n) is 2.11. The number of benzene rings is 2. The average Bonchev–Trinajstić information content (AvgIpc) is 2.37. The minimum absolute atomic E-state index is 0.388. The molecule has 0 aliphatic heterocycles. The Kier molecular flexibility index (Phi) is 4.60. The van der Waals surface area contributed by atoms with Crippen LogP contribution in [0, 0.1) is 20.8 Å². The average molecular weight is 245 g/mol. The molecule has 2 aromatic carbocycles. The molecular formula is C16H23NO. The molecule has 0 aliphatic rings. The second-order valence-electron chi connectivity index (χ2n) is 4.33. The fourth-order valence-corrected chi connectivity index (χ4v) is 2.11. The van der Waals surface area contributed by atoms with E-state index in [0.29, 0.717) is 5.75 Å². The first-order chi connectivity index (χ1) is 8.54. The second kappa shape index (κ2) is 5.76. The Morgan fingerprint density at radius 3 is 2.17 bits per heavy atom. The van der Waals surface area contributed by atoms with Crippen molar-refractivity contribution in [1.82, 2.24) is 0 Å². The van der Waals surface area contributed by atoms with Gasteiger partial charge in [0.1, 0.15) is 5.75 Å². The van der Waals surface area contributed by atoms with Crippen LogP contribution in [0.25, 0.3) is 10.8 Å². The highest BCUT2D eigenvalue weighted by Crippen LogP contribution is 2.36. The topological polar surface area (TPSA) is 32.3 Å². The van der Waals surface area contributed by atoms with Gasteiger partial charge in [-0.2, -0.15) is 0 Å². The molecule has 2 heteroatoms. The Morgan fingerprint density at radius 2 is 1.61 bits per heavy atom. The number of anilines is 1. The molecule has 2 N–H and O–H groups in total. The number of rotatable bonds is 1. The predicted molar refractivity (Wildman–Crippen MR) is 80.7 cm³/mol. The Morgan fingerprint density at radius 1 is 1.00 bits per heavy atom. The third-order valence-electron chi connectivity index (χ3n) is 3.14. The summed E-state index contributed by atoms with van der Waals surface area (Å²) in [5.74, 6) is 0.388. The number of hydrogen-bond donors (Lipinski definition) is 2. The van der Waals surface area contributed by atoms with E-state index in [1.165, 1.54) is 5.56 Å². The molecule has 0 bridgehead atoms. The number of hydrogen-bond acceptors (Lipinski definition) is 2. The summed E-state index contributed by atoms with van der Waals surface area (Å²) in [6.07, 6.45) is 0. The van der Waals surface area contributed by atoms with E-state index in [2.05, 4.69) is 30.4 Å². The molecule has 0 spiro atoms. The van der Waals surface area contributed by atoms with Gasteiger partial charge in [0.25, 0.3) is 0 Å². The highest BCUT2D eigenvalue weighted by molar-refractivity contribution is 6.00.